The fraction of sp³-hybridized carbons (Fsp3) is 0.900. The van der Waals surface area contributed by atoms with Gasteiger partial charge in [0.2, 0.25) is 0 Å². The Balaban J connectivity index is 1.57. The quantitative estimate of drug-likeness (QED) is 0.357. The average Bonchev–Trinajstić information content (AvgIpc) is 2.68. The van der Waals surface area contributed by atoms with Gasteiger partial charge in [0.15, 0.2) is 0 Å². The summed E-state index contributed by atoms with van der Waals surface area (Å²) in [6, 6.07) is 0. The maximum Gasteiger partial charge on any atom is 0.142 e. The molecule has 0 saturated heterocycles. The minimum Gasteiger partial charge on any atom is -0.299 e. The van der Waals surface area contributed by atoms with Crippen LogP contribution in [0.25, 0.3) is 0 Å². The number of fused-ring (bicyclic) bond motifs is 7. The third kappa shape index (κ3) is 2.70. The van der Waals surface area contributed by atoms with Crippen LogP contribution in [0.1, 0.15) is 120 Å². The summed E-state index contributed by atoms with van der Waals surface area (Å²) in [7, 11) is 0. The molecule has 5 aliphatic carbocycles. The van der Waals surface area contributed by atoms with E-state index in [1.54, 1.807) is 0 Å². The van der Waals surface area contributed by atoms with Gasteiger partial charge in [-0.3, -0.25) is 4.79 Å². The Morgan fingerprint density at radius 2 is 1.39 bits per heavy atom. The fourth-order valence-electron chi connectivity index (χ4n) is 10.3. The number of hydrogen-bond acceptors (Lipinski definition) is 1. The molecule has 31 heavy (non-hydrogen) atoms. The van der Waals surface area contributed by atoms with Crippen molar-refractivity contribution in [3.63, 3.8) is 0 Å². The van der Waals surface area contributed by atoms with Gasteiger partial charge in [-0.05, 0) is 116 Å². The van der Waals surface area contributed by atoms with Gasteiger partial charge in [0, 0.05) is 11.8 Å². The van der Waals surface area contributed by atoms with Crippen molar-refractivity contribution >= 4 is 5.78 Å². The van der Waals surface area contributed by atoms with E-state index in [9.17, 15) is 4.79 Å². The van der Waals surface area contributed by atoms with E-state index in [4.69, 9.17) is 0 Å². The first kappa shape index (κ1) is 22.2. The predicted octanol–water partition coefficient (Wildman–Crippen LogP) is 8.38. The lowest BCUT2D eigenvalue weighted by atomic mass is 9.31. The van der Waals surface area contributed by atoms with Crippen molar-refractivity contribution in [1.82, 2.24) is 0 Å². The zero-order chi connectivity index (χ0) is 22.7. The van der Waals surface area contributed by atoms with E-state index in [1.165, 1.54) is 56.9 Å². The van der Waals surface area contributed by atoms with Gasteiger partial charge >= 0.3 is 0 Å². The third-order valence-electron chi connectivity index (χ3n) is 12.8. The van der Waals surface area contributed by atoms with Crippen LogP contribution in [0.15, 0.2) is 11.6 Å². The lowest BCUT2D eigenvalue weighted by Gasteiger charge is -2.73. The van der Waals surface area contributed by atoms with Gasteiger partial charge in [0.25, 0.3) is 0 Å². The van der Waals surface area contributed by atoms with E-state index in [0.29, 0.717) is 38.8 Å². The number of ketones is 1. The summed E-state index contributed by atoms with van der Waals surface area (Å²) in [4.78, 5) is 12.8. The highest BCUT2D eigenvalue weighted by Gasteiger charge is 2.69. The molecule has 4 fully saturated rings. The topological polar surface area (TPSA) is 17.1 Å². The molecule has 174 valence electrons. The lowest BCUT2D eigenvalue weighted by Crippen LogP contribution is -2.65. The summed E-state index contributed by atoms with van der Waals surface area (Å²) in [6.07, 6.45) is 15.5. The lowest BCUT2D eigenvalue weighted by molar-refractivity contribution is -0.229. The highest BCUT2D eigenvalue weighted by Crippen LogP contribution is 2.76. The van der Waals surface area contributed by atoms with Crippen molar-refractivity contribution in [2.45, 2.75) is 120 Å². The van der Waals surface area contributed by atoms with E-state index >= 15 is 0 Å². The molecule has 1 heteroatoms. The molecule has 0 bridgehead atoms. The van der Waals surface area contributed by atoms with Crippen molar-refractivity contribution in [2.75, 3.05) is 0 Å². The van der Waals surface area contributed by atoms with Crippen LogP contribution in [0.5, 0.6) is 0 Å². The normalized spacial score (nSPS) is 52.8. The molecule has 4 saturated carbocycles. The van der Waals surface area contributed by atoms with Crippen molar-refractivity contribution in [1.29, 1.82) is 0 Å². The fourth-order valence-corrected chi connectivity index (χ4v) is 10.3. The van der Waals surface area contributed by atoms with E-state index < -0.39 is 0 Å². The molecule has 7 atom stereocenters. The molecule has 5 aliphatic rings. The maximum atomic E-state index is 12.8. The molecule has 1 nitrogen and oxygen atoms in total. The van der Waals surface area contributed by atoms with E-state index in [1.807, 2.05) is 0 Å². The van der Waals surface area contributed by atoms with Gasteiger partial charge in [-0.25, -0.2) is 0 Å². The minimum absolute atomic E-state index is 0.239. The van der Waals surface area contributed by atoms with Crippen molar-refractivity contribution < 1.29 is 4.79 Å². The van der Waals surface area contributed by atoms with Gasteiger partial charge in [0.05, 0.1) is 0 Å². The molecule has 0 N–H and O–H groups in total. The number of carbonyl (C=O) groups excluding carboxylic acids is 1. The minimum atomic E-state index is -0.239. The molecule has 0 amide bonds. The van der Waals surface area contributed by atoms with Crippen LogP contribution in [0.3, 0.4) is 0 Å². The molecule has 0 aromatic rings. The average molecular weight is 425 g/mol. The molecular weight excluding hydrogens is 376 g/mol. The molecule has 0 spiro atoms. The summed E-state index contributed by atoms with van der Waals surface area (Å²) >= 11 is 0. The van der Waals surface area contributed by atoms with Crippen LogP contribution in [0, 0.1) is 50.2 Å². The zero-order valence-electron chi connectivity index (χ0n) is 21.8. The van der Waals surface area contributed by atoms with Crippen LogP contribution >= 0.6 is 0 Å². The summed E-state index contributed by atoms with van der Waals surface area (Å²) in [5.41, 5.74) is 3.56. The zero-order valence-corrected chi connectivity index (χ0v) is 21.8. The molecular formula is C30H48O. The largest absolute Gasteiger partial charge is 0.299 e. The first-order chi connectivity index (χ1) is 14.2. The Morgan fingerprint density at radius 3 is 2.10 bits per heavy atom. The smallest absolute Gasteiger partial charge is 0.142 e. The van der Waals surface area contributed by atoms with Crippen molar-refractivity contribution in [3.8, 4) is 0 Å². The molecule has 0 unspecified atom stereocenters. The standard InChI is InChI=1S/C30H48O/c1-25(2)13-14-27(5)15-17-29(7)22-11-9-20-21(10-12-24(31)26(20,3)4)28(22,6)16-18-30(29,8)23(27)19-25/h9,21-23H,10-19H2,1-8H3/t21-,22+,23-,27-,28+,29-,30+/m0/s1. The Bertz CT molecular complexity index is 831. The van der Waals surface area contributed by atoms with Crippen molar-refractivity contribution in [3.05, 3.63) is 11.6 Å². The number of rotatable bonds is 0. The van der Waals surface area contributed by atoms with Crippen LogP contribution in [-0.4, -0.2) is 5.78 Å². The van der Waals surface area contributed by atoms with Gasteiger partial charge in [-0.15, -0.1) is 0 Å². The van der Waals surface area contributed by atoms with Gasteiger partial charge in [-0.2, -0.15) is 0 Å². The van der Waals surface area contributed by atoms with E-state index in [-0.39, 0.29) is 5.41 Å². The predicted molar refractivity (Wildman–Crippen MR) is 130 cm³/mol. The third-order valence-corrected chi connectivity index (χ3v) is 12.8. The summed E-state index contributed by atoms with van der Waals surface area (Å²) < 4.78 is 0. The molecule has 0 radical (unpaired) electrons. The van der Waals surface area contributed by atoms with Crippen LogP contribution in [0.2, 0.25) is 0 Å². The first-order valence-corrected chi connectivity index (χ1v) is 13.4. The molecule has 0 aromatic carbocycles. The maximum absolute atomic E-state index is 12.8. The van der Waals surface area contributed by atoms with Crippen LogP contribution in [-0.2, 0) is 4.79 Å². The highest BCUT2D eigenvalue weighted by atomic mass is 16.1. The molecule has 0 heterocycles. The Hall–Kier alpha value is -0.590. The Morgan fingerprint density at radius 1 is 0.774 bits per heavy atom. The molecule has 5 rings (SSSR count). The first-order valence-electron chi connectivity index (χ1n) is 13.4. The van der Waals surface area contributed by atoms with E-state index in [2.05, 4.69) is 61.5 Å². The summed E-state index contributed by atoms with van der Waals surface area (Å²) in [5.74, 6) is 2.73. The number of carbonyl (C=O) groups is 1. The van der Waals surface area contributed by atoms with Gasteiger partial charge in [-0.1, -0.05) is 53.2 Å². The van der Waals surface area contributed by atoms with Gasteiger partial charge in [0.1, 0.15) is 5.78 Å². The SMILES string of the molecule is CC1(C)CC[C@@]2(C)CC[C@@]3(C)[C@@H]4CC=C5[C@H](CCC(=O)C5(C)C)[C@@]4(C)CC[C@]3(C)[C@H]2C1. The second-order valence-electron chi connectivity index (χ2n) is 15.0. The molecule has 0 aromatic heterocycles. The number of Topliss-reactive ketones (excluding diaryl/α,β-unsaturated/α-hetero) is 1. The Kier molecular flexibility index (Phi) is 4.51. The van der Waals surface area contributed by atoms with Crippen LogP contribution < -0.4 is 0 Å². The molecule has 0 aliphatic heterocycles. The monoisotopic (exact) mass is 424 g/mol. The second kappa shape index (κ2) is 6.29. The van der Waals surface area contributed by atoms with Gasteiger partial charge < -0.3 is 0 Å². The highest BCUT2D eigenvalue weighted by molar-refractivity contribution is 5.88. The van der Waals surface area contributed by atoms with Crippen molar-refractivity contribution in [2.24, 2.45) is 50.2 Å². The number of allylic oxidation sites excluding steroid dienone is 2. The number of hydrogen-bond donors (Lipinski definition) is 0. The second-order valence-corrected chi connectivity index (χ2v) is 15.0. The summed E-state index contributed by atoms with van der Waals surface area (Å²) in [5, 5.41) is 0. The Labute approximate surface area is 192 Å². The summed E-state index contributed by atoms with van der Waals surface area (Å²) in [6.45, 7) is 20.2. The van der Waals surface area contributed by atoms with E-state index in [0.717, 1.165) is 24.7 Å². The van der Waals surface area contributed by atoms with Crippen LogP contribution in [0.4, 0.5) is 0 Å².